The molecular formula is C18H15ClN2O7S. The number of imide groups is 1. The molecule has 3 amide bonds. The Hall–Kier alpha value is -2.72. The predicted molar refractivity (Wildman–Crippen MR) is 101 cm³/mol. The zero-order valence-corrected chi connectivity index (χ0v) is 16.9. The Bertz CT molecular complexity index is 915. The average Bonchev–Trinajstić information content (AvgIpc) is 2.91. The summed E-state index contributed by atoms with van der Waals surface area (Å²) in [5.41, 5.74) is -1.32. The van der Waals surface area contributed by atoms with Crippen LogP contribution in [0.3, 0.4) is 0 Å². The number of fused-ring (bicyclic) bond motifs is 1. The van der Waals surface area contributed by atoms with Gasteiger partial charge < -0.3 is 4.74 Å². The van der Waals surface area contributed by atoms with E-state index < -0.39 is 58.1 Å². The molecule has 1 saturated heterocycles. The summed E-state index contributed by atoms with van der Waals surface area (Å²) in [7, 11) is 0. The topological polar surface area (TPSA) is 118 Å². The lowest BCUT2D eigenvalue weighted by Crippen LogP contribution is -2.73. The molecule has 0 saturated carbocycles. The van der Waals surface area contributed by atoms with Gasteiger partial charge in [-0.3, -0.25) is 33.8 Å². The Morgan fingerprint density at radius 3 is 2.14 bits per heavy atom. The molecule has 0 N–H and O–H groups in total. The highest BCUT2D eigenvalue weighted by Crippen LogP contribution is 2.40. The van der Waals surface area contributed by atoms with Crippen molar-refractivity contribution >= 4 is 58.0 Å². The molecular weight excluding hydrogens is 424 g/mol. The number of ether oxygens (including phenoxy) is 1. The Labute approximate surface area is 174 Å². The highest BCUT2D eigenvalue weighted by molar-refractivity contribution is 8.14. The van der Waals surface area contributed by atoms with E-state index in [0.717, 1.165) is 9.80 Å². The van der Waals surface area contributed by atoms with Crippen molar-refractivity contribution in [2.75, 3.05) is 6.61 Å². The number of halogens is 1. The number of nitrogens with zero attached hydrogens (tertiary/aromatic N) is 2. The lowest BCUT2D eigenvalue weighted by molar-refractivity contribution is -0.162. The van der Waals surface area contributed by atoms with Crippen LogP contribution in [0.5, 0.6) is 0 Å². The largest absolute Gasteiger partial charge is 0.455 e. The van der Waals surface area contributed by atoms with Crippen molar-refractivity contribution in [2.45, 2.75) is 30.8 Å². The summed E-state index contributed by atoms with van der Waals surface area (Å²) in [4.78, 5) is 74.5. The monoisotopic (exact) mass is 438 g/mol. The third kappa shape index (κ3) is 3.65. The molecule has 1 unspecified atom stereocenters. The molecule has 1 aromatic rings. The van der Waals surface area contributed by atoms with E-state index in [4.69, 9.17) is 16.3 Å². The van der Waals surface area contributed by atoms with Crippen molar-refractivity contribution in [3.63, 3.8) is 0 Å². The zero-order valence-electron chi connectivity index (χ0n) is 15.3. The normalized spacial score (nSPS) is 21.6. The number of β-lactam (4-membered cyclic amide) rings is 1. The van der Waals surface area contributed by atoms with Gasteiger partial charge in [-0.2, -0.15) is 0 Å². The van der Waals surface area contributed by atoms with Gasteiger partial charge in [-0.1, -0.05) is 35.5 Å². The second kappa shape index (κ2) is 7.96. The molecule has 2 heterocycles. The van der Waals surface area contributed by atoms with Gasteiger partial charge in [0.1, 0.15) is 18.0 Å². The van der Waals surface area contributed by atoms with Gasteiger partial charge in [-0.25, -0.2) is 4.79 Å². The number of ketones is 1. The summed E-state index contributed by atoms with van der Waals surface area (Å²) in [6.07, 6.45) is 0. The van der Waals surface area contributed by atoms with Crippen molar-refractivity contribution in [3.05, 3.63) is 35.4 Å². The number of hydrogen-bond acceptors (Lipinski definition) is 8. The van der Waals surface area contributed by atoms with E-state index >= 15 is 0 Å². The van der Waals surface area contributed by atoms with Crippen LogP contribution in [0.2, 0.25) is 0 Å². The van der Waals surface area contributed by atoms with Crippen molar-refractivity contribution in [3.8, 4) is 0 Å². The first-order chi connectivity index (χ1) is 13.6. The van der Waals surface area contributed by atoms with Gasteiger partial charge in [0.05, 0.1) is 11.1 Å². The van der Waals surface area contributed by atoms with E-state index in [-0.39, 0.29) is 11.1 Å². The summed E-state index contributed by atoms with van der Waals surface area (Å²) < 4.78 is 4.72. The molecule has 0 spiro atoms. The molecule has 3 rings (SSSR count). The first kappa shape index (κ1) is 21.0. The maximum Gasteiger partial charge on any atom is 0.345 e. The molecule has 2 aliphatic rings. The second-order valence-corrected chi connectivity index (χ2v) is 8.07. The molecule has 29 heavy (non-hydrogen) atoms. The maximum absolute atomic E-state index is 12.8. The van der Waals surface area contributed by atoms with Crippen LogP contribution in [0.4, 0.5) is 0 Å². The number of hydrogen-bond donors (Lipinski definition) is 0. The van der Waals surface area contributed by atoms with Gasteiger partial charge in [0, 0.05) is 6.92 Å². The van der Waals surface area contributed by atoms with E-state index in [1.807, 2.05) is 0 Å². The summed E-state index contributed by atoms with van der Waals surface area (Å²) in [6, 6.07) is 4.81. The minimum atomic E-state index is -1.62. The number of Topliss-reactive ketones (excluding diaryl/α,β-unsaturated/α-hetero) is 1. The van der Waals surface area contributed by atoms with E-state index in [9.17, 15) is 28.8 Å². The highest BCUT2D eigenvalue weighted by atomic mass is 35.5. The molecule has 0 aromatic heterocycles. The Morgan fingerprint density at radius 1 is 1.10 bits per heavy atom. The molecule has 9 nitrogen and oxygen atoms in total. The lowest BCUT2D eigenvalue weighted by Gasteiger charge is -2.49. The van der Waals surface area contributed by atoms with E-state index in [1.165, 1.54) is 26.0 Å². The van der Waals surface area contributed by atoms with Crippen LogP contribution in [0.15, 0.2) is 24.3 Å². The SMILES string of the molecule is CC(=O)COC(=O)C(Cl)N1C(=O)[C@@H](N2C(=O)c3ccccc3C2=O)[C@H]1SC(C)=O. The number of alkyl halides is 1. The smallest absolute Gasteiger partial charge is 0.345 e. The van der Waals surface area contributed by atoms with Crippen molar-refractivity contribution < 1.29 is 33.5 Å². The van der Waals surface area contributed by atoms with Crippen LogP contribution >= 0.6 is 23.4 Å². The molecule has 1 aromatic carbocycles. The highest BCUT2D eigenvalue weighted by Gasteiger charge is 2.59. The maximum atomic E-state index is 12.8. The Balaban J connectivity index is 1.86. The third-order valence-electron chi connectivity index (χ3n) is 4.30. The molecule has 1 fully saturated rings. The molecule has 0 bridgehead atoms. The summed E-state index contributed by atoms with van der Waals surface area (Å²) in [6.45, 7) is 1.93. The number of thioether (sulfide) groups is 1. The Morgan fingerprint density at radius 2 is 1.66 bits per heavy atom. The van der Waals surface area contributed by atoms with E-state index in [0.29, 0.717) is 11.8 Å². The van der Waals surface area contributed by atoms with Gasteiger partial charge in [-0.05, 0) is 19.1 Å². The van der Waals surface area contributed by atoms with Crippen LogP contribution in [-0.4, -0.2) is 67.9 Å². The van der Waals surface area contributed by atoms with Crippen molar-refractivity contribution in [1.82, 2.24) is 9.80 Å². The van der Waals surface area contributed by atoms with E-state index in [1.54, 1.807) is 12.1 Å². The van der Waals surface area contributed by atoms with Gasteiger partial charge in [0.2, 0.25) is 5.50 Å². The molecule has 11 heteroatoms. The minimum absolute atomic E-state index is 0.151. The fourth-order valence-electron chi connectivity index (χ4n) is 3.06. The fraction of sp³-hybridized carbons (Fsp3) is 0.333. The zero-order chi connectivity index (χ0) is 21.5. The third-order valence-corrected chi connectivity index (χ3v) is 5.75. The van der Waals surface area contributed by atoms with Crippen LogP contribution in [0, 0.1) is 0 Å². The average molecular weight is 439 g/mol. The van der Waals surface area contributed by atoms with Crippen LogP contribution in [0.1, 0.15) is 34.6 Å². The molecule has 3 atom stereocenters. The second-order valence-electron chi connectivity index (χ2n) is 6.36. The van der Waals surface area contributed by atoms with Crippen molar-refractivity contribution in [1.29, 1.82) is 0 Å². The molecule has 152 valence electrons. The standard InChI is InChI=1S/C18H15ClN2O7S/c1-8(22)7-28-18(27)13(19)21-16(26)12(17(21)29-9(2)23)20-14(24)10-5-3-4-6-11(10)15(20)25/h3-6,12-13,17H,7H2,1-2H3/t12-,13?,17-/m1/s1. The first-order valence-electron chi connectivity index (χ1n) is 8.41. The van der Waals surface area contributed by atoms with Gasteiger partial charge >= 0.3 is 5.97 Å². The van der Waals surface area contributed by atoms with Gasteiger partial charge in [0.25, 0.3) is 17.7 Å². The van der Waals surface area contributed by atoms with Crippen molar-refractivity contribution in [2.24, 2.45) is 0 Å². The minimum Gasteiger partial charge on any atom is -0.455 e. The summed E-state index contributed by atoms with van der Waals surface area (Å²) in [5, 5.41) is -1.47. The number of esters is 1. The number of likely N-dealkylation sites (tertiary alicyclic amines) is 1. The number of carbonyl (C=O) groups excluding carboxylic acids is 6. The number of carbonyl (C=O) groups is 6. The van der Waals surface area contributed by atoms with Crippen LogP contribution in [-0.2, 0) is 23.9 Å². The first-order valence-corrected chi connectivity index (χ1v) is 9.73. The molecule has 2 aliphatic heterocycles. The van der Waals surface area contributed by atoms with E-state index in [2.05, 4.69) is 0 Å². The van der Waals surface area contributed by atoms with Gasteiger partial charge in [-0.15, -0.1) is 0 Å². The molecule has 0 aliphatic carbocycles. The molecule has 0 radical (unpaired) electrons. The summed E-state index contributed by atoms with van der Waals surface area (Å²) in [5.74, 6) is -3.58. The number of amides is 3. The van der Waals surface area contributed by atoms with Crippen LogP contribution < -0.4 is 0 Å². The quantitative estimate of drug-likeness (QED) is 0.210. The number of benzene rings is 1. The van der Waals surface area contributed by atoms with Crippen LogP contribution in [0.25, 0.3) is 0 Å². The predicted octanol–water partition coefficient (Wildman–Crippen LogP) is 0.796. The Kier molecular flexibility index (Phi) is 5.76. The summed E-state index contributed by atoms with van der Waals surface area (Å²) >= 11 is 6.69. The number of rotatable bonds is 6. The fourth-order valence-corrected chi connectivity index (χ4v) is 4.45. The van der Waals surface area contributed by atoms with Gasteiger partial charge in [0.15, 0.2) is 10.9 Å². The lowest BCUT2D eigenvalue weighted by atomic mass is 10.1.